The van der Waals surface area contributed by atoms with E-state index in [1.165, 1.54) is 14.0 Å². The first-order chi connectivity index (χ1) is 8.06. The van der Waals surface area contributed by atoms with Crippen LogP contribution in [0.3, 0.4) is 0 Å². The third-order valence-electron chi connectivity index (χ3n) is 3.58. The standard InChI is InChI=1S/C13H22O4/c1-4-5-8-13(12(15)16-3)9-6-7-11(13)17-10(2)14/h11H,4-9H2,1-3H3. The molecular formula is C13H22O4. The van der Waals surface area contributed by atoms with Gasteiger partial charge in [-0.05, 0) is 25.7 Å². The summed E-state index contributed by atoms with van der Waals surface area (Å²) in [7, 11) is 1.40. The van der Waals surface area contributed by atoms with E-state index >= 15 is 0 Å². The summed E-state index contributed by atoms with van der Waals surface area (Å²) in [6.45, 7) is 3.47. The van der Waals surface area contributed by atoms with Gasteiger partial charge in [0.05, 0.1) is 7.11 Å². The highest BCUT2D eigenvalue weighted by Crippen LogP contribution is 2.45. The fourth-order valence-corrected chi connectivity index (χ4v) is 2.73. The largest absolute Gasteiger partial charge is 0.468 e. The van der Waals surface area contributed by atoms with Crippen molar-refractivity contribution in [3.63, 3.8) is 0 Å². The molecule has 0 spiro atoms. The highest BCUT2D eigenvalue weighted by molar-refractivity contribution is 5.78. The number of unbranched alkanes of at least 4 members (excludes halogenated alkanes) is 1. The summed E-state index contributed by atoms with van der Waals surface area (Å²) < 4.78 is 10.2. The van der Waals surface area contributed by atoms with Gasteiger partial charge in [-0.15, -0.1) is 0 Å². The van der Waals surface area contributed by atoms with Gasteiger partial charge in [0.2, 0.25) is 0 Å². The summed E-state index contributed by atoms with van der Waals surface area (Å²) in [5.74, 6) is -0.545. The number of carbonyl (C=O) groups is 2. The maximum absolute atomic E-state index is 12.0. The Morgan fingerprint density at radius 2 is 2.12 bits per heavy atom. The van der Waals surface area contributed by atoms with E-state index in [-0.39, 0.29) is 18.0 Å². The molecule has 0 heterocycles. The summed E-state index contributed by atoms with van der Waals surface area (Å²) >= 11 is 0. The molecule has 0 saturated heterocycles. The van der Waals surface area contributed by atoms with Crippen LogP contribution in [0.5, 0.6) is 0 Å². The fourth-order valence-electron chi connectivity index (χ4n) is 2.73. The van der Waals surface area contributed by atoms with Crippen molar-refractivity contribution in [1.82, 2.24) is 0 Å². The SMILES string of the molecule is CCCCC1(C(=O)OC)CCCC1OC(C)=O. The smallest absolute Gasteiger partial charge is 0.315 e. The number of ether oxygens (including phenoxy) is 2. The lowest BCUT2D eigenvalue weighted by molar-refractivity contribution is -0.168. The minimum absolute atomic E-state index is 0.227. The molecule has 1 fully saturated rings. The van der Waals surface area contributed by atoms with Gasteiger partial charge in [-0.25, -0.2) is 0 Å². The molecule has 1 saturated carbocycles. The van der Waals surface area contributed by atoms with Crippen LogP contribution in [0.1, 0.15) is 52.4 Å². The Balaban J connectivity index is 2.86. The van der Waals surface area contributed by atoms with Crippen LogP contribution in [-0.4, -0.2) is 25.2 Å². The zero-order valence-electron chi connectivity index (χ0n) is 11.0. The van der Waals surface area contributed by atoms with Crippen LogP contribution in [0.4, 0.5) is 0 Å². The van der Waals surface area contributed by atoms with Gasteiger partial charge in [-0.1, -0.05) is 19.8 Å². The van der Waals surface area contributed by atoms with E-state index in [1.807, 2.05) is 0 Å². The molecule has 2 unspecified atom stereocenters. The van der Waals surface area contributed by atoms with Crippen LogP contribution in [0, 0.1) is 5.41 Å². The molecule has 0 radical (unpaired) electrons. The van der Waals surface area contributed by atoms with E-state index in [2.05, 4.69) is 6.92 Å². The molecule has 2 atom stereocenters. The Morgan fingerprint density at radius 3 is 2.65 bits per heavy atom. The molecule has 4 heteroatoms. The number of carbonyl (C=O) groups excluding carboxylic acids is 2. The van der Waals surface area contributed by atoms with Crippen molar-refractivity contribution in [3.8, 4) is 0 Å². The summed E-state index contributed by atoms with van der Waals surface area (Å²) in [4.78, 5) is 23.1. The first-order valence-corrected chi connectivity index (χ1v) is 6.32. The quantitative estimate of drug-likeness (QED) is 0.695. The number of methoxy groups -OCH3 is 1. The summed E-state index contributed by atoms with van der Waals surface area (Å²) in [5, 5.41) is 0. The van der Waals surface area contributed by atoms with Crippen LogP contribution >= 0.6 is 0 Å². The van der Waals surface area contributed by atoms with E-state index in [9.17, 15) is 9.59 Å². The monoisotopic (exact) mass is 242 g/mol. The van der Waals surface area contributed by atoms with Crippen LogP contribution in [-0.2, 0) is 19.1 Å². The molecule has 1 rings (SSSR count). The van der Waals surface area contributed by atoms with Gasteiger partial charge in [0.25, 0.3) is 0 Å². The maximum Gasteiger partial charge on any atom is 0.315 e. The first kappa shape index (κ1) is 14.0. The lowest BCUT2D eigenvalue weighted by atomic mass is 9.79. The molecule has 1 aliphatic carbocycles. The van der Waals surface area contributed by atoms with Gasteiger partial charge in [-0.3, -0.25) is 9.59 Å². The number of esters is 2. The lowest BCUT2D eigenvalue weighted by Gasteiger charge is -2.32. The third-order valence-corrected chi connectivity index (χ3v) is 3.58. The molecule has 0 aromatic carbocycles. The maximum atomic E-state index is 12.0. The first-order valence-electron chi connectivity index (χ1n) is 6.32. The van der Waals surface area contributed by atoms with E-state index in [0.29, 0.717) is 0 Å². The molecule has 98 valence electrons. The van der Waals surface area contributed by atoms with Gasteiger partial charge < -0.3 is 9.47 Å². The van der Waals surface area contributed by atoms with Crippen molar-refractivity contribution in [2.24, 2.45) is 5.41 Å². The van der Waals surface area contributed by atoms with Crippen molar-refractivity contribution < 1.29 is 19.1 Å². The number of hydrogen-bond donors (Lipinski definition) is 0. The van der Waals surface area contributed by atoms with Crippen molar-refractivity contribution in [2.75, 3.05) is 7.11 Å². The fraction of sp³-hybridized carbons (Fsp3) is 0.846. The topological polar surface area (TPSA) is 52.6 Å². The number of hydrogen-bond acceptors (Lipinski definition) is 4. The molecule has 0 bridgehead atoms. The van der Waals surface area contributed by atoms with Gasteiger partial charge in [0.15, 0.2) is 0 Å². The summed E-state index contributed by atoms with van der Waals surface area (Å²) in [5.41, 5.74) is -0.601. The summed E-state index contributed by atoms with van der Waals surface area (Å²) in [6, 6.07) is 0. The molecule has 0 aromatic heterocycles. The number of rotatable bonds is 5. The van der Waals surface area contributed by atoms with Crippen LogP contribution in [0.2, 0.25) is 0 Å². The average Bonchev–Trinajstić information content (AvgIpc) is 2.69. The molecule has 1 aliphatic rings. The molecular weight excluding hydrogens is 220 g/mol. The molecule has 0 N–H and O–H groups in total. The minimum atomic E-state index is -0.601. The van der Waals surface area contributed by atoms with Crippen LogP contribution in [0.15, 0.2) is 0 Å². The Hall–Kier alpha value is -1.06. The Morgan fingerprint density at radius 1 is 1.41 bits per heavy atom. The van der Waals surface area contributed by atoms with E-state index in [1.54, 1.807) is 0 Å². The highest BCUT2D eigenvalue weighted by Gasteiger charge is 2.51. The van der Waals surface area contributed by atoms with E-state index in [4.69, 9.17) is 9.47 Å². The Labute approximate surface area is 103 Å². The molecule has 0 amide bonds. The molecule has 17 heavy (non-hydrogen) atoms. The second-order valence-electron chi connectivity index (χ2n) is 4.74. The van der Waals surface area contributed by atoms with Crippen LogP contribution in [0.25, 0.3) is 0 Å². The van der Waals surface area contributed by atoms with Gasteiger partial charge in [-0.2, -0.15) is 0 Å². The third kappa shape index (κ3) is 2.99. The Bertz CT molecular complexity index is 287. The Kier molecular flexibility index (Phi) is 4.97. The van der Waals surface area contributed by atoms with E-state index < -0.39 is 5.41 Å². The van der Waals surface area contributed by atoms with Gasteiger partial charge in [0, 0.05) is 6.92 Å². The van der Waals surface area contributed by atoms with Crippen molar-refractivity contribution in [3.05, 3.63) is 0 Å². The zero-order valence-corrected chi connectivity index (χ0v) is 11.0. The van der Waals surface area contributed by atoms with Crippen molar-refractivity contribution >= 4 is 11.9 Å². The second kappa shape index (κ2) is 6.03. The minimum Gasteiger partial charge on any atom is -0.468 e. The van der Waals surface area contributed by atoms with Crippen molar-refractivity contribution in [1.29, 1.82) is 0 Å². The molecule has 4 nitrogen and oxygen atoms in total. The zero-order chi connectivity index (χ0) is 12.9. The van der Waals surface area contributed by atoms with Gasteiger partial charge >= 0.3 is 11.9 Å². The predicted molar refractivity (Wildman–Crippen MR) is 63.4 cm³/mol. The van der Waals surface area contributed by atoms with E-state index in [0.717, 1.165) is 38.5 Å². The molecule has 0 aliphatic heterocycles. The second-order valence-corrected chi connectivity index (χ2v) is 4.74. The molecule has 0 aromatic rings. The van der Waals surface area contributed by atoms with Gasteiger partial charge in [0.1, 0.15) is 11.5 Å². The van der Waals surface area contributed by atoms with Crippen molar-refractivity contribution in [2.45, 2.75) is 58.5 Å². The highest BCUT2D eigenvalue weighted by atomic mass is 16.6. The predicted octanol–water partition coefficient (Wildman–Crippen LogP) is 2.45. The average molecular weight is 242 g/mol. The van der Waals surface area contributed by atoms with Crippen LogP contribution < -0.4 is 0 Å². The lowest BCUT2D eigenvalue weighted by Crippen LogP contribution is -2.41. The normalized spacial score (nSPS) is 27.8. The summed E-state index contributed by atoms with van der Waals surface area (Å²) in [6.07, 6.45) is 4.85.